The zero-order chi connectivity index (χ0) is 17.2. The number of nitrogens with zero attached hydrogens (tertiary/aromatic N) is 2. The molecule has 1 aliphatic rings. The van der Waals surface area contributed by atoms with Crippen molar-refractivity contribution in [2.45, 2.75) is 19.3 Å². The molecular formula is C21H17ClN2O. The smallest absolute Gasteiger partial charge is 0.146 e. The summed E-state index contributed by atoms with van der Waals surface area (Å²) in [6.45, 7) is 0.820. The van der Waals surface area contributed by atoms with Gasteiger partial charge in [-0.25, -0.2) is 9.78 Å². The van der Waals surface area contributed by atoms with Crippen LogP contribution in [-0.2, 0) is 4.79 Å². The Morgan fingerprint density at radius 1 is 1.04 bits per heavy atom. The van der Waals surface area contributed by atoms with Gasteiger partial charge in [-0.15, -0.1) is 0 Å². The summed E-state index contributed by atoms with van der Waals surface area (Å²) in [5, 5.41) is 1.70. The second-order valence-electron chi connectivity index (χ2n) is 6.18. The number of hydrogen-bond donors (Lipinski definition) is 0. The van der Waals surface area contributed by atoms with Gasteiger partial charge in [0.15, 0.2) is 0 Å². The number of para-hydroxylation sites is 1. The number of aromatic nitrogens is 1. The number of hydrogen-bond acceptors (Lipinski definition) is 3. The highest BCUT2D eigenvalue weighted by Gasteiger charge is 2.21. The molecule has 4 heteroatoms. The van der Waals surface area contributed by atoms with Crippen molar-refractivity contribution >= 4 is 34.1 Å². The van der Waals surface area contributed by atoms with E-state index < -0.39 is 0 Å². The first-order chi connectivity index (χ1) is 12.3. The first-order valence-corrected chi connectivity index (χ1v) is 8.82. The van der Waals surface area contributed by atoms with Crippen LogP contribution in [0.3, 0.4) is 0 Å². The van der Waals surface area contributed by atoms with Crippen LogP contribution in [0.1, 0.15) is 19.3 Å². The Bertz CT molecular complexity index is 992. The van der Waals surface area contributed by atoms with Gasteiger partial charge < -0.3 is 4.90 Å². The lowest BCUT2D eigenvalue weighted by molar-refractivity contribution is 0.558. The number of carbonyl (C=O) groups excluding carboxylic acids is 1. The lowest BCUT2D eigenvalue weighted by atomic mass is 10.0. The average molecular weight is 349 g/mol. The summed E-state index contributed by atoms with van der Waals surface area (Å²) in [6.07, 6.45) is 2.85. The fraction of sp³-hybridized carbons (Fsp3) is 0.190. The fourth-order valence-electron chi connectivity index (χ4n) is 3.39. The van der Waals surface area contributed by atoms with E-state index in [9.17, 15) is 4.79 Å². The number of rotatable bonds is 2. The monoisotopic (exact) mass is 348 g/mol. The quantitative estimate of drug-likeness (QED) is 0.592. The van der Waals surface area contributed by atoms with E-state index in [-0.39, 0.29) is 0 Å². The number of benzene rings is 2. The van der Waals surface area contributed by atoms with Crippen LogP contribution in [-0.4, -0.2) is 17.5 Å². The molecule has 25 heavy (non-hydrogen) atoms. The van der Waals surface area contributed by atoms with E-state index in [1.165, 1.54) is 0 Å². The largest absolute Gasteiger partial charge is 0.335 e. The van der Waals surface area contributed by atoms with Crippen LogP contribution >= 0.6 is 11.6 Å². The Hall–Kier alpha value is -2.61. The van der Waals surface area contributed by atoms with Gasteiger partial charge >= 0.3 is 0 Å². The number of fused-ring (bicyclic) bond motifs is 1. The third-order valence-electron chi connectivity index (χ3n) is 4.62. The van der Waals surface area contributed by atoms with Gasteiger partial charge in [0.05, 0.1) is 16.9 Å². The van der Waals surface area contributed by atoms with Crippen molar-refractivity contribution in [1.82, 2.24) is 4.98 Å². The van der Waals surface area contributed by atoms with Gasteiger partial charge in [-0.05, 0) is 37.5 Å². The highest BCUT2D eigenvalue weighted by atomic mass is 35.5. The molecule has 124 valence electrons. The van der Waals surface area contributed by atoms with Crippen LogP contribution in [0.25, 0.3) is 22.2 Å². The lowest BCUT2D eigenvalue weighted by Gasteiger charge is -2.30. The predicted molar refractivity (Wildman–Crippen MR) is 103 cm³/mol. The summed E-state index contributed by atoms with van der Waals surface area (Å²) in [7, 11) is 0. The zero-order valence-electron chi connectivity index (χ0n) is 13.7. The maximum Gasteiger partial charge on any atom is 0.146 e. The molecule has 2 heterocycles. The molecule has 0 saturated carbocycles. The minimum absolute atomic E-state index is 0.668. The summed E-state index contributed by atoms with van der Waals surface area (Å²) in [5.41, 5.74) is 4.32. The molecule has 4 rings (SSSR count). The number of allylic oxidation sites excluding steroid dienone is 1. The van der Waals surface area contributed by atoms with Gasteiger partial charge in [0.1, 0.15) is 11.6 Å². The standard InChI is InChI=1S/C21H17ClN2O/c22-18-10-3-1-8-16(18)20-13-21(17-9-2-4-11-19(17)23-20)24-12-6-5-7-15(24)14-25/h1-4,8-11,13H,5-7,12H2. The molecule has 0 amide bonds. The summed E-state index contributed by atoms with van der Waals surface area (Å²) < 4.78 is 0. The van der Waals surface area contributed by atoms with Crippen molar-refractivity contribution in [3.05, 3.63) is 65.3 Å². The van der Waals surface area contributed by atoms with Gasteiger partial charge in [0.2, 0.25) is 0 Å². The second kappa shape index (κ2) is 6.72. The van der Waals surface area contributed by atoms with Gasteiger partial charge in [-0.3, -0.25) is 0 Å². The summed E-state index contributed by atoms with van der Waals surface area (Å²) >= 11 is 6.38. The molecular weight excluding hydrogens is 332 g/mol. The zero-order valence-corrected chi connectivity index (χ0v) is 14.5. The minimum atomic E-state index is 0.668. The second-order valence-corrected chi connectivity index (χ2v) is 6.59. The van der Waals surface area contributed by atoms with E-state index in [2.05, 4.69) is 10.8 Å². The van der Waals surface area contributed by atoms with Crippen molar-refractivity contribution in [1.29, 1.82) is 0 Å². The molecule has 3 nitrogen and oxygen atoms in total. The topological polar surface area (TPSA) is 33.2 Å². The fourth-order valence-corrected chi connectivity index (χ4v) is 3.62. The van der Waals surface area contributed by atoms with Crippen molar-refractivity contribution in [3.63, 3.8) is 0 Å². The normalized spacial score (nSPS) is 14.6. The first-order valence-electron chi connectivity index (χ1n) is 8.44. The van der Waals surface area contributed by atoms with Gasteiger partial charge in [0, 0.05) is 22.5 Å². The Kier molecular flexibility index (Phi) is 4.27. The van der Waals surface area contributed by atoms with E-state index in [0.29, 0.717) is 10.7 Å². The highest BCUT2D eigenvalue weighted by molar-refractivity contribution is 6.33. The molecule has 0 atom stereocenters. The van der Waals surface area contributed by atoms with E-state index in [4.69, 9.17) is 16.6 Å². The molecule has 1 saturated heterocycles. The van der Waals surface area contributed by atoms with Crippen LogP contribution in [0, 0.1) is 0 Å². The van der Waals surface area contributed by atoms with Crippen molar-refractivity contribution < 1.29 is 4.79 Å². The van der Waals surface area contributed by atoms with Crippen LogP contribution in [0.2, 0.25) is 5.02 Å². The van der Waals surface area contributed by atoms with Crippen molar-refractivity contribution in [2.75, 3.05) is 11.4 Å². The Morgan fingerprint density at radius 2 is 1.84 bits per heavy atom. The number of anilines is 1. The van der Waals surface area contributed by atoms with Crippen molar-refractivity contribution in [2.24, 2.45) is 0 Å². The summed E-state index contributed by atoms with van der Waals surface area (Å²) in [4.78, 5) is 18.3. The molecule has 1 fully saturated rings. The average Bonchev–Trinajstić information content (AvgIpc) is 2.67. The molecule has 3 aromatic rings. The molecule has 0 spiro atoms. The number of piperidine rings is 1. The molecule has 0 bridgehead atoms. The molecule has 0 aliphatic carbocycles. The van der Waals surface area contributed by atoms with Crippen LogP contribution < -0.4 is 4.90 Å². The predicted octanol–water partition coefficient (Wildman–Crippen LogP) is 5.26. The number of halogens is 1. The molecule has 2 aromatic carbocycles. The third-order valence-corrected chi connectivity index (χ3v) is 4.95. The highest BCUT2D eigenvalue weighted by Crippen LogP contribution is 2.36. The van der Waals surface area contributed by atoms with E-state index >= 15 is 0 Å². The first kappa shape index (κ1) is 15.9. The van der Waals surface area contributed by atoms with E-state index in [0.717, 1.165) is 53.7 Å². The Morgan fingerprint density at radius 3 is 2.68 bits per heavy atom. The maximum atomic E-state index is 11.4. The Labute approximate surface area is 151 Å². The summed E-state index contributed by atoms with van der Waals surface area (Å²) in [6, 6.07) is 17.7. The number of pyridine rings is 1. The van der Waals surface area contributed by atoms with Crippen LogP contribution in [0.4, 0.5) is 5.69 Å². The molecule has 1 aliphatic heterocycles. The molecule has 1 aromatic heterocycles. The van der Waals surface area contributed by atoms with Gasteiger partial charge in [-0.1, -0.05) is 48.0 Å². The lowest BCUT2D eigenvalue weighted by Crippen LogP contribution is -2.28. The van der Waals surface area contributed by atoms with Crippen LogP contribution in [0.5, 0.6) is 0 Å². The minimum Gasteiger partial charge on any atom is -0.335 e. The van der Waals surface area contributed by atoms with Crippen LogP contribution in [0.15, 0.2) is 60.3 Å². The summed E-state index contributed by atoms with van der Waals surface area (Å²) in [5.74, 6) is 2.13. The van der Waals surface area contributed by atoms with Gasteiger partial charge in [-0.2, -0.15) is 0 Å². The SMILES string of the molecule is O=C=C1CCCCN1c1cc(-c2ccccc2Cl)nc2ccccc12. The van der Waals surface area contributed by atoms with Gasteiger partial charge in [0.25, 0.3) is 0 Å². The molecule has 0 N–H and O–H groups in total. The Balaban J connectivity index is 1.96. The van der Waals surface area contributed by atoms with Crippen molar-refractivity contribution in [3.8, 4) is 11.3 Å². The molecule has 0 unspecified atom stereocenters. The maximum absolute atomic E-state index is 11.4. The third kappa shape index (κ3) is 2.93. The van der Waals surface area contributed by atoms with E-state index in [1.807, 2.05) is 54.6 Å². The van der Waals surface area contributed by atoms with E-state index in [1.54, 1.807) is 0 Å². The molecule has 0 radical (unpaired) electrons.